The molecule has 0 unspecified atom stereocenters. The lowest BCUT2D eigenvalue weighted by Crippen LogP contribution is -2.12. The monoisotopic (exact) mass is 341 g/mol. The fraction of sp³-hybridized carbons (Fsp3) is 0.278. The molecule has 5 nitrogen and oxygen atoms in total. The average molecular weight is 341 g/mol. The van der Waals surface area contributed by atoms with Crippen molar-refractivity contribution in [1.29, 1.82) is 0 Å². The summed E-state index contributed by atoms with van der Waals surface area (Å²) in [5, 5.41) is 0. The van der Waals surface area contributed by atoms with E-state index in [1.54, 1.807) is 30.3 Å². The largest absolute Gasteiger partial charge is 0.328 e. The van der Waals surface area contributed by atoms with Crippen LogP contribution >= 0.6 is 0 Å². The fourth-order valence-electron chi connectivity index (χ4n) is 3.23. The van der Waals surface area contributed by atoms with E-state index < -0.39 is 10.0 Å². The Morgan fingerprint density at radius 1 is 1.00 bits per heavy atom. The van der Waals surface area contributed by atoms with Gasteiger partial charge in [-0.15, -0.1) is 0 Å². The van der Waals surface area contributed by atoms with Gasteiger partial charge in [-0.2, -0.15) is 0 Å². The molecule has 124 valence electrons. The van der Waals surface area contributed by atoms with E-state index in [9.17, 15) is 8.42 Å². The van der Waals surface area contributed by atoms with Crippen molar-refractivity contribution in [3.63, 3.8) is 0 Å². The molecule has 0 atom stereocenters. The highest BCUT2D eigenvalue weighted by Gasteiger charge is 2.16. The molecule has 2 aromatic carbocycles. The normalized spacial score (nSPS) is 15.0. The molecule has 1 aliphatic rings. The zero-order valence-electron chi connectivity index (χ0n) is 13.3. The first-order valence-electron chi connectivity index (χ1n) is 8.20. The minimum Gasteiger partial charge on any atom is -0.328 e. The molecule has 0 bridgehead atoms. The van der Waals surface area contributed by atoms with Crippen LogP contribution < -0.4 is 4.72 Å². The van der Waals surface area contributed by atoms with E-state index in [0.717, 1.165) is 36.2 Å². The lowest BCUT2D eigenvalue weighted by Gasteiger charge is -2.08. The van der Waals surface area contributed by atoms with E-state index in [2.05, 4.69) is 9.29 Å². The summed E-state index contributed by atoms with van der Waals surface area (Å²) < 4.78 is 29.8. The van der Waals surface area contributed by atoms with Gasteiger partial charge in [-0.05, 0) is 43.2 Å². The Hall–Kier alpha value is -2.34. The molecule has 24 heavy (non-hydrogen) atoms. The van der Waals surface area contributed by atoms with Crippen LogP contribution in [0.5, 0.6) is 0 Å². The number of aromatic nitrogens is 2. The van der Waals surface area contributed by atoms with Crippen LogP contribution in [0.3, 0.4) is 0 Å². The molecule has 1 aromatic heterocycles. The summed E-state index contributed by atoms with van der Waals surface area (Å²) in [6.07, 6.45) is 4.55. The lowest BCUT2D eigenvalue weighted by molar-refractivity contribution is 0.601. The standard InChI is InChI=1S/C18H19N3O2S/c22-24(23,15-7-3-1-4-8-15)20-14-10-11-17-16(13-14)19-18-9-5-2-6-12-21(17)18/h1,3-4,7-8,10-11,13,20H,2,5-6,9,12H2. The van der Waals surface area contributed by atoms with Gasteiger partial charge in [-0.1, -0.05) is 24.6 Å². The molecule has 3 aromatic rings. The number of nitrogens with one attached hydrogen (secondary N) is 1. The average Bonchev–Trinajstić information content (AvgIpc) is 2.76. The van der Waals surface area contributed by atoms with Gasteiger partial charge >= 0.3 is 0 Å². The molecule has 0 saturated heterocycles. The van der Waals surface area contributed by atoms with Crippen LogP contribution in [0.15, 0.2) is 53.4 Å². The van der Waals surface area contributed by atoms with Crippen molar-refractivity contribution < 1.29 is 8.42 Å². The van der Waals surface area contributed by atoms with Crippen molar-refractivity contribution in [3.05, 3.63) is 54.4 Å². The highest BCUT2D eigenvalue weighted by Crippen LogP contribution is 2.25. The predicted molar refractivity (Wildman–Crippen MR) is 94.5 cm³/mol. The number of rotatable bonds is 3. The van der Waals surface area contributed by atoms with Gasteiger partial charge in [0.1, 0.15) is 5.82 Å². The van der Waals surface area contributed by atoms with Crippen molar-refractivity contribution in [3.8, 4) is 0 Å². The van der Waals surface area contributed by atoms with E-state index in [1.165, 1.54) is 12.8 Å². The molecule has 6 heteroatoms. The van der Waals surface area contributed by atoms with Crippen LogP contribution in [0.1, 0.15) is 25.1 Å². The van der Waals surface area contributed by atoms with Crippen LogP contribution in [0.25, 0.3) is 11.0 Å². The van der Waals surface area contributed by atoms with Crippen LogP contribution in [-0.2, 0) is 23.0 Å². The molecule has 0 aliphatic carbocycles. The number of fused-ring (bicyclic) bond motifs is 3. The molecule has 1 N–H and O–H groups in total. The number of benzene rings is 2. The molecule has 0 radical (unpaired) electrons. The molecule has 1 aliphatic heterocycles. The quantitative estimate of drug-likeness (QED) is 0.792. The highest BCUT2D eigenvalue weighted by molar-refractivity contribution is 7.92. The molecule has 2 heterocycles. The van der Waals surface area contributed by atoms with E-state index in [0.29, 0.717) is 5.69 Å². The number of imidazole rings is 1. The van der Waals surface area contributed by atoms with Crippen molar-refractivity contribution in [1.82, 2.24) is 9.55 Å². The van der Waals surface area contributed by atoms with Gasteiger partial charge in [0.05, 0.1) is 21.6 Å². The number of sulfonamides is 1. The number of anilines is 1. The summed E-state index contributed by atoms with van der Waals surface area (Å²) in [6, 6.07) is 14.0. The molecule has 4 rings (SSSR count). The third-order valence-corrected chi connectivity index (χ3v) is 5.81. The summed E-state index contributed by atoms with van der Waals surface area (Å²) in [7, 11) is -3.57. The van der Waals surface area contributed by atoms with Crippen molar-refractivity contribution in [2.24, 2.45) is 0 Å². The highest BCUT2D eigenvalue weighted by atomic mass is 32.2. The maximum Gasteiger partial charge on any atom is 0.261 e. The summed E-state index contributed by atoms with van der Waals surface area (Å²) in [5.41, 5.74) is 2.47. The van der Waals surface area contributed by atoms with E-state index in [4.69, 9.17) is 4.98 Å². The van der Waals surface area contributed by atoms with Crippen molar-refractivity contribution in [2.45, 2.75) is 37.1 Å². The van der Waals surface area contributed by atoms with Gasteiger partial charge < -0.3 is 4.57 Å². The number of hydrogen-bond donors (Lipinski definition) is 1. The maximum atomic E-state index is 12.4. The minimum atomic E-state index is -3.57. The van der Waals surface area contributed by atoms with E-state index >= 15 is 0 Å². The second-order valence-electron chi connectivity index (χ2n) is 6.11. The first-order valence-corrected chi connectivity index (χ1v) is 9.69. The van der Waals surface area contributed by atoms with Crippen LogP contribution in [0.2, 0.25) is 0 Å². The number of nitrogens with zero attached hydrogens (tertiary/aromatic N) is 2. The Balaban J connectivity index is 1.69. The zero-order valence-corrected chi connectivity index (χ0v) is 14.1. The smallest absolute Gasteiger partial charge is 0.261 e. The molecular formula is C18H19N3O2S. The fourth-order valence-corrected chi connectivity index (χ4v) is 4.30. The van der Waals surface area contributed by atoms with E-state index in [1.807, 2.05) is 18.2 Å². The Morgan fingerprint density at radius 2 is 1.83 bits per heavy atom. The first-order chi connectivity index (χ1) is 11.6. The molecular weight excluding hydrogens is 322 g/mol. The third-order valence-electron chi connectivity index (χ3n) is 4.42. The predicted octanol–water partition coefficient (Wildman–Crippen LogP) is 3.56. The molecule has 0 spiro atoms. The van der Waals surface area contributed by atoms with E-state index in [-0.39, 0.29) is 4.90 Å². The van der Waals surface area contributed by atoms with Crippen LogP contribution in [-0.4, -0.2) is 18.0 Å². The van der Waals surface area contributed by atoms with Gasteiger partial charge in [-0.3, -0.25) is 4.72 Å². The summed E-state index contributed by atoms with van der Waals surface area (Å²) in [6.45, 7) is 0.987. The third kappa shape index (κ3) is 2.78. The topological polar surface area (TPSA) is 64.0 Å². The molecule has 0 saturated carbocycles. The maximum absolute atomic E-state index is 12.4. The number of hydrogen-bond acceptors (Lipinski definition) is 3. The van der Waals surface area contributed by atoms with Gasteiger partial charge in [0, 0.05) is 13.0 Å². The second kappa shape index (κ2) is 5.94. The first kappa shape index (κ1) is 15.2. The lowest BCUT2D eigenvalue weighted by atomic mass is 10.2. The van der Waals surface area contributed by atoms with Crippen molar-refractivity contribution in [2.75, 3.05) is 4.72 Å². The molecule has 0 amide bonds. The van der Waals surface area contributed by atoms with Crippen LogP contribution in [0, 0.1) is 0 Å². The van der Waals surface area contributed by atoms with Gasteiger partial charge in [0.2, 0.25) is 0 Å². The molecule has 0 fully saturated rings. The van der Waals surface area contributed by atoms with Gasteiger partial charge in [0.15, 0.2) is 0 Å². The Bertz CT molecular complexity index is 978. The number of aryl methyl sites for hydroxylation is 2. The minimum absolute atomic E-state index is 0.255. The Morgan fingerprint density at radius 3 is 2.67 bits per heavy atom. The summed E-state index contributed by atoms with van der Waals surface area (Å²) in [5.74, 6) is 1.10. The van der Waals surface area contributed by atoms with Crippen molar-refractivity contribution >= 4 is 26.7 Å². The summed E-state index contributed by atoms with van der Waals surface area (Å²) in [4.78, 5) is 4.96. The summed E-state index contributed by atoms with van der Waals surface area (Å²) >= 11 is 0. The SMILES string of the molecule is O=S(=O)(Nc1ccc2c(c1)nc1n2CCCCC1)c1ccccc1. The Kier molecular flexibility index (Phi) is 3.76. The van der Waals surface area contributed by atoms with Crippen LogP contribution in [0.4, 0.5) is 5.69 Å². The van der Waals surface area contributed by atoms with Gasteiger partial charge in [0.25, 0.3) is 10.0 Å². The second-order valence-corrected chi connectivity index (χ2v) is 7.79. The Labute approximate surface area is 141 Å². The van der Waals surface area contributed by atoms with Gasteiger partial charge in [-0.25, -0.2) is 13.4 Å². The zero-order chi connectivity index (χ0) is 16.6.